The van der Waals surface area contributed by atoms with Gasteiger partial charge in [-0.3, -0.25) is 0 Å². The monoisotopic (exact) mass is 234 g/mol. The van der Waals surface area contributed by atoms with Gasteiger partial charge in [-0.2, -0.15) is 12.6 Å². The lowest BCUT2D eigenvalue weighted by Gasteiger charge is -2.17. The molecule has 0 aromatic heterocycles. The Morgan fingerprint density at radius 3 is 2.57 bits per heavy atom. The maximum Gasteiger partial charge on any atom is 0.121 e. The Morgan fingerprint density at radius 2 is 2.00 bits per heavy atom. The molecule has 1 rings (SSSR count). The predicted octanol–water partition coefficient (Wildman–Crippen LogP) is 1.37. The Balaban J connectivity index is 2.99. The molecule has 0 bridgehead atoms. The van der Waals surface area contributed by atoms with Crippen LogP contribution < -0.4 is 0 Å². The first-order chi connectivity index (χ1) is 6.56. The molecular formula is C9H11ClO3S. The van der Waals surface area contributed by atoms with Gasteiger partial charge in [-0.1, -0.05) is 11.6 Å². The van der Waals surface area contributed by atoms with Crippen LogP contribution in [0.15, 0.2) is 18.2 Å². The number of phenols is 1. The Morgan fingerprint density at radius 1 is 1.36 bits per heavy atom. The smallest absolute Gasteiger partial charge is 0.121 e. The second-order valence-corrected chi connectivity index (χ2v) is 3.70. The molecular weight excluding hydrogens is 224 g/mol. The lowest BCUT2D eigenvalue weighted by atomic mass is 10.0. The number of hydrogen-bond acceptors (Lipinski definition) is 4. The molecule has 2 unspecified atom stereocenters. The summed E-state index contributed by atoms with van der Waals surface area (Å²) in [5.74, 6) is 0.00959. The van der Waals surface area contributed by atoms with E-state index < -0.39 is 12.2 Å². The van der Waals surface area contributed by atoms with Crippen molar-refractivity contribution in [1.29, 1.82) is 0 Å². The Labute approximate surface area is 92.4 Å². The number of phenolic OH excluding ortho intramolecular Hbond substituents is 1. The number of benzene rings is 1. The number of halogens is 1. The summed E-state index contributed by atoms with van der Waals surface area (Å²) in [5, 5.41) is 28.7. The molecule has 0 fully saturated rings. The van der Waals surface area contributed by atoms with Crippen LogP contribution in [0.25, 0.3) is 0 Å². The van der Waals surface area contributed by atoms with Crippen LogP contribution in [-0.2, 0) is 0 Å². The van der Waals surface area contributed by atoms with Crippen LogP contribution in [0.4, 0.5) is 0 Å². The third kappa shape index (κ3) is 2.54. The standard InChI is InChI=1S/C9H11ClO3S/c10-5-1-2-7(11)6(3-5)9(13)8(12)4-14/h1-3,8-9,11-14H,4H2. The third-order valence-corrected chi connectivity index (χ3v) is 2.47. The van der Waals surface area contributed by atoms with Crippen molar-refractivity contribution >= 4 is 24.2 Å². The highest BCUT2D eigenvalue weighted by Crippen LogP contribution is 2.29. The molecule has 0 saturated heterocycles. The largest absolute Gasteiger partial charge is 0.508 e. The molecule has 5 heteroatoms. The normalized spacial score (nSPS) is 15.1. The van der Waals surface area contributed by atoms with Gasteiger partial charge in [-0.05, 0) is 18.2 Å². The Kier molecular flexibility index (Phi) is 4.07. The first-order valence-corrected chi connectivity index (χ1v) is 5.02. The molecule has 14 heavy (non-hydrogen) atoms. The van der Waals surface area contributed by atoms with Crippen molar-refractivity contribution in [2.45, 2.75) is 12.2 Å². The van der Waals surface area contributed by atoms with E-state index in [0.717, 1.165) is 0 Å². The van der Waals surface area contributed by atoms with Gasteiger partial charge in [0.25, 0.3) is 0 Å². The highest BCUT2D eigenvalue weighted by Gasteiger charge is 2.20. The molecule has 78 valence electrons. The highest BCUT2D eigenvalue weighted by atomic mass is 35.5. The van der Waals surface area contributed by atoms with Crippen molar-refractivity contribution in [3.05, 3.63) is 28.8 Å². The van der Waals surface area contributed by atoms with Crippen LogP contribution in [0.1, 0.15) is 11.7 Å². The first kappa shape index (κ1) is 11.7. The topological polar surface area (TPSA) is 60.7 Å². The van der Waals surface area contributed by atoms with Gasteiger partial charge in [0.2, 0.25) is 0 Å². The van der Waals surface area contributed by atoms with Gasteiger partial charge in [0, 0.05) is 16.3 Å². The van der Waals surface area contributed by atoms with Gasteiger partial charge in [-0.15, -0.1) is 0 Å². The minimum Gasteiger partial charge on any atom is -0.508 e. The molecule has 1 aromatic rings. The van der Waals surface area contributed by atoms with Crippen molar-refractivity contribution in [2.24, 2.45) is 0 Å². The fraction of sp³-hybridized carbons (Fsp3) is 0.333. The summed E-state index contributed by atoms with van der Waals surface area (Å²) in [5.41, 5.74) is 0.207. The van der Waals surface area contributed by atoms with Gasteiger partial charge in [0.1, 0.15) is 11.9 Å². The molecule has 1 aromatic carbocycles. The van der Waals surface area contributed by atoms with Crippen LogP contribution in [0.2, 0.25) is 5.02 Å². The van der Waals surface area contributed by atoms with Gasteiger partial charge >= 0.3 is 0 Å². The maximum atomic E-state index is 9.58. The lowest BCUT2D eigenvalue weighted by Crippen LogP contribution is -2.19. The molecule has 3 N–H and O–H groups in total. The summed E-state index contributed by atoms with van der Waals surface area (Å²) in [6.07, 6.45) is -2.20. The first-order valence-electron chi connectivity index (χ1n) is 4.01. The van der Waals surface area contributed by atoms with Gasteiger partial charge in [-0.25, -0.2) is 0 Å². The second kappa shape index (κ2) is 4.89. The number of aliphatic hydroxyl groups excluding tert-OH is 2. The van der Waals surface area contributed by atoms with Crippen LogP contribution in [-0.4, -0.2) is 27.2 Å². The van der Waals surface area contributed by atoms with Crippen molar-refractivity contribution in [3.8, 4) is 5.75 Å². The summed E-state index contributed by atoms with van der Waals surface area (Å²) in [4.78, 5) is 0. The van der Waals surface area contributed by atoms with E-state index in [1.165, 1.54) is 18.2 Å². The zero-order valence-corrected chi connectivity index (χ0v) is 8.91. The Bertz CT molecular complexity index is 319. The van der Waals surface area contributed by atoms with E-state index in [1.807, 2.05) is 0 Å². The summed E-state index contributed by atoms with van der Waals surface area (Å²) in [6.45, 7) is 0. The molecule has 0 aliphatic heterocycles. The molecule has 2 atom stereocenters. The second-order valence-electron chi connectivity index (χ2n) is 2.90. The van der Waals surface area contributed by atoms with Gasteiger partial charge in [0.15, 0.2) is 0 Å². The molecule has 0 aliphatic rings. The number of aromatic hydroxyl groups is 1. The zero-order chi connectivity index (χ0) is 10.7. The number of aliphatic hydroxyl groups is 2. The molecule has 3 nitrogen and oxygen atoms in total. The van der Waals surface area contributed by atoms with Crippen molar-refractivity contribution in [2.75, 3.05) is 5.75 Å². The van der Waals surface area contributed by atoms with Crippen LogP contribution in [0.3, 0.4) is 0 Å². The predicted molar refractivity (Wildman–Crippen MR) is 57.9 cm³/mol. The lowest BCUT2D eigenvalue weighted by molar-refractivity contribution is 0.0323. The van der Waals surface area contributed by atoms with E-state index in [4.69, 9.17) is 11.6 Å². The summed E-state index contributed by atoms with van der Waals surface area (Å²) in [7, 11) is 0. The maximum absolute atomic E-state index is 9.58. The molecule has 0 saturated carbocycles. The third-order valence-electron chi connectivity index (χ3n) is 1.86. The summed E-state index contributed by atoms with van der Waals surface area (Å²) < 4.78 is 0. The van der Waals surface area contributed by atoms with Crippen LogP contribution in [0.5, 0.6) is 5.75 Å². The number of rotatable bonds is 3. The van der Waals surface area contributed by atoms with Gasteiger partial charge < -0.3 is 15.3 Å². The minimum absolute atomic E-state index is 0.0947. The fourth-order valence-electron chi connectivity index (χ4n) is 1.07. The van der Waals surface area contributed by atoms with E-state index in [-0.39, 0.29) is 17.1 Å². The van der Waals surface area contributed by atoms with Gasteiger partial charge in [0.05, 0.1) is 6.10 Å². The van der Waals surface area contributed by atoms with Crippen molar-refractivity contribution in [1.82, 2.24) is 0 Å². The van der Waals surface area contributed by atoms with E-state index in [1.54, 1.807) is 0 Å². The fourth-order valence-corrected chi connectivity index (χ4v) is 1.45. The average molecular weight is 235 g/mol. The minimum atomic E-state index is -1.17. The van der Waals surface area contributed by atoms with Crippen LogP contribution in [0, 0.1) is 0 Å². The van der Waals surface area contributed by atoms with Crippen LogP contribution >= 0.6 is 24.2 Å². The van der Waals surface area contributed by atoms with E-state index >= 15 is 0 Å². The summed E-state index contributed by atoms with van der Waals surface area (Å²) in [6, 6.07) is 4.28. The summed E-state index contributed by atoms with van der Waals surface area (Å²) >= 11 is 9.53. The number of thiol groups is 1. The molecule has 0 aliphatic carbocycles. The van der Waals surface area contributed by atoms with Crippen molar-refractivity contribution < 1.29 is 15.3 Å². The SMILES string of the molecule is Oc1ccc(Cl)cc1C(O)C(O)CS. The zero-order valence-electron chi connectivity index (χ0n) is 7.26. The van der Waals surface area contributed by atoms with E-state index in [0.29, 0.717) is 5.02 Å². The molecule has 0 heterocycles. The molecule has 0 amide bonds. The van der Waals surface area contributed by atoms with Crippen molar-refractivity contribution in [3.63, 3.8) is 0 Å². The quantitative estimate of drug-likeness (QED) is 0.598. The average Bonchev–Trinajstić information content (AvgIpc) is 2.19. The Hall–Kier alpha value is -0.420. The highest BCUT2D eigenvalue weighted by molar-refractivity contribution is 7.80. The number of hydrogen-bond donors (Lipinski definition) is 4. The van der Waals surface area contributed by atoms with E-state index in [2.05, 4.69) is 12.6 Å². The van der Waals surface area contributed by atoms with E-state index in [9.17, 15) is 15.3 Å². The molecule has 0 radical (unpaired) electrons. The molecule has 0 spiro atoms.